The molecule has 0 fully saturated rings. The van der Waals surface area contributed by atoms with Gasteiger partial charge in [-0.25, -0.2) is 0 Å². The van der Waals surface area contributed by atoms with Gasteiger partial charge in [0.15, 0.2) is 0 Å². The third kappa shape index (κ3) is 0.841. The van der Waals surface area contributed by atoms with E-state index in [0.717, 1.165) is 0 Å². The van der Waals surface area contributed by atoms with E-state index in [-0.39, 0.29) is 0 Å². The molecule has 1 nitrogen and oxygen atoms in total. The minimum Gasteiger partial charge on any atom is -0.388 e. The molecular weight excluding hydrogens is 170 g/mol. The van der Waals surface area contributed by atoms with Crippen LogP contribution in [0, 0.1) is 0 Å². The summed E-state index contributed by atoms with van der Waals surface area (Å²) in [4.78, 5) is 0. The van der Waals surface area contributed by atoms with Gasteiger partial charge in [0.05, 0.1) is 0 Å². The zero-order valence-corrected chi connectivity index (χ0v) is 8.04. The third-order valence-electron chi connectivity index (χ3n) is 2.82. The molecule has 68 valence electrons. The maximum Gasteiger partial charge on any atom is 0.0417 e. The molecule has 1 aliphatic rings. The first-order valence-corrected chi connectivity index (χ1v) is 4.82. The maximum atomic E-state index is 3.22. The molecule has 1 aliphatic carbocycles. The van der Waals surface area contributed by atoms with Gasteiger partial charge < -0.3 is 5.32 Å². The first-order chi connectivity index (χ1) is 6.90. The summed E-state index contributed by atoms with van der Waals surface area (Å²) in [5.74, 6) is 0. The van der Waals surface area contributed by atoms with Gasteiger partial charge in [-0.05, 0) is 22.6 Å². The van der Waals surface area contributed by atoms with Gasteiger partial charge in [0.2, 0.25) is 0 Å². The Kier molecular flexibility index (Phi) is 1.42. The summed E-state index contributed by atoms with van der Waals surface area (Å²) in [7, 11) is 1.96. The third-order valence-corrected chi connectivity index (χ3v) is 2.82. The molecule has 0 atom stereocenters. The Morgan fingerprint density at radius 2 is 1.71 bits per heavy atom. The van der Waals surface area contributed by atoms with Gasteiger partial charge in [0.1, 0.15) is 0 Å². The molecule has 0 spiro atoms. The molecule has 1 N–H and O–H groups in total. The molecular formula is C13H11N. The average Bonchev–Trinajstić information content (AvgIpc) is 2.65. The van der Waals surface area contributed by atoms with Crippen LogP contribution in [0.2, 0.25) is 0 Å². The van der Waals surface area contributed by atoms with Crippen LogP contribution in [0.4, 0.5) is 5.69 Å². The van der Waals surface area contributed by atoms with Crippen molar-refractivity contribution in [3.63, 3.8) is 0 Å². The molecule has 1 heteroatoms. The fourth-order valence-corrected chi connectivity index (χ4v) is 2.14. The van der Waals surface area contributed by atoms with E-state index in [4.69, 9.17) is 0 Å². The SMILES string of the molecule is CNc1ccc2c3c(cccc13)C=C2. The monoisotopic (exact) mass is 181 g/mol. The normalized spacial score (nSPS) is 12.4. The van der Waals surface area contributed by atoms with E-state index in [9.17, 15) is 0 Å². The summed E-state index contributed by atoms with van der Waals surface area (Å²) >= 11 is 0. The van der Waals surface area contributed by atoms with Crippen LogP contribution < -0.4 is 5.32 Å². The first kappa shape index (κ1) is 7.63. The van der Waals surface area contributed by atoms with Crippen LogP contribution in [0.1, 0.15) is 11.1 Å². The fourth-order valence-electron chi connectivity index (χ4n) is 2.14. The predicted molar refractivity (Wildman–Crippen MR) is 62.4 cm³/mol. The molecule has 0 radical (unpaired) electrons. The average molecular weight is 181 g/mol. The van der Waals surface area contributed by atoms with Gasteiger partial charge >= 0.3 is 0 Å². The van der Waals surface area contributed by atoms with E-state index in [2.05, 4.69) is 47.8 Å². The summed E-state index contributed by atoms with van der Waals surface area (Å²) in [5.41, 5.74) is 3.86. The van der Waals surface area contributed by atoms with Gasteiger partial charge in [0, 0.05) is 18.1 Å². The topological polar surface area (TPSA) is 12.0 Å². The number of hydrogen-bond acceptors (Lipinski definition) is 1. The second-order valence-corrected chi connectivity index (χ2v) is 3.56. The fraction of sp³-hybridized carbons (Fsp3) is 0.0769. The molecule has 0 unspecified atom stereocenters. The van der Waals surface area contributed by atoms with Gasteiger partial charge in [0.25, 0.3) is 0 Å². The van der Waals surface area contributed by atoms with Crippen molar-refractivity contribution in [3.05, 3.63) is 41.5 Å². The standard InChI is InChI=1S/C13H11N/c1-14-12-8-7-10-6-5-9-3-2-4-11(12)13(9)10/h2-8,14H,1H3. The van der Waals surface area contributed by atoms with E-state index in [0.29, 0.717) is 0 Å². The van der Waals surface area contributed by atoms with Crippen LogP contribution in [-0.4, -0.2) is 7.05 Å². The highest BCUT2D eigenvalue weighted by atomic mass is 14.8. The van der Waals surface area contributed by atoms with E-state index >= 15 is 0 Å². The Hall–Kier alpha value is -1.76. The highest BCUT2D eigenvalue weighted by Gasteiger charge is 2.10. The van der Waals surface area contributed by atoms with Gasteiger partial charge in [-0.15, -0.1) is 0 Å². The largest absolute Gasteiger partial charge is 0.388 e. The van der Waals surface area contributed by atoms with Crippen LogP contribution in [0.5, 0.6) is 0 Å². The van der Waals surface area contributed by atoms with Crippen molar-refractivity contribution >= 4 is 28.6 Å². The molecule has 0 heterocycles. The minimum absolute atomic E-state index is 1.20. The van der Waals surface area contributed by atoms with E-state index in [1.165, 1.54) is 27.6 Å². The van der Waals surface area contributed by atoms with Crippen LogP contribution in [0.3, 0.4) is 0 Å². The van der Waals surface area contributed by atoms with Crippen molar-refractivity contribution in [2.45, 2.75) is 0 Å². The molecule has 14 heavy (non-hydrogen) atoms. The summed E-state index contributed by atoms with van der Waals surface area (Å²) in [6.07, 6.45) is 4.36. The molecule has 0 amide bonds. The lowest BCUT2D eigenvalue weighted by Gasteiger charge is -2.07. The van der Waals surface area contributed by atoms with Gasteiger partial charge in [-0.1, -0.05) is 36.4 Å². The van der Waals surface area contributed by atoms with Crippen molar-refractivity contribution < 1.29 is 0 Å². The van der Waals surface area contributed by atoms with Crippen LogP contribution in [0.15, 0.2) is 30.3 Å². The highest BCUT2D eigenvalue weighted by molar-refractivity contribution is 6.09. The lowest BCUT2D eigenvalue weighted by Crippen LogP contribution is -1.90. The Morgan fingerprint density at radius 3 is 2.50 bits per heavy atom. The second-order valence-electron chi connectivity index (χ2n) is 3.56. The Morgan fingerprint density at radius 1 is 0.929 bits per heavy atom. The van der Waals surface area contributed by atoms with Crippen molar-refractivity contribution in [3.8, 4) is 0 Å². The number of benzene rings is 2. The van der Waals surface area contributed by atoms with E-state index in [1.807, 2.05) is 7.05 Å². The van der Waals surface area contributed by atoms with E-state index in [1.54, 1.807) is 0 Å². The summed E-state index contributed by atoms with van der Waals surface area (Å²) in [6, 6.07) is 10.7. The molecule has 3 rings (SSSR count). The number of hydrogen-bond donors (Lipinski definition) is 1. The first-order valence-electron chi connectivity index (χ1n) is 4.82. The number of anilines is 1. The second kappa shape index (κ2) is 2.61. The zero-order valence-electron chi connectivity index (χ0n) is 8.04. The highest BCUT2D eigenvalue weighted by Crippen LogP contribution is 2.34. The van der Waals surface area contributed by atoms with Crippen molar-refractivity contribution in [2.75, 3.05) is 12.4 Å². The molecule has 2 aromatic rings. The van der Waals surface area contributed by atoms with Crippen molar-refractivity contribution in [1.29, 1.82) is 0 Å². The molecule has 0 aliphatic heterocycles. The summed E-state index contributed by atoms with van der Waals surface area (Å²) < 4.78 is 0. The molecule has 2 aromatic carbocycles. The zero-order chi connectivity index (χ0) is 9.54. The molecule has 0 saturated carbocycles. The molecule has 0 bridgehead atoms. The Bertz CT molecular complexity index is 526. The van der Waals surface area contributed by atoms with Crippen LogP contribution >= 0.6 is 0 Å². The number of nitrogens with one attached hydrogen (secondary N) is 1. The van der Waals surface area contributed by atoms with Crippen molar-refractivity contribution in [1.82, 2.24) is 0 Å². The Balaban J connectivity index is 2.51. The summed E-state index contributed by atoms with van der Waals surface area (Å²) in [5, 5.41) is 5.91. The Labute approximate surface area is 83.1 Å². The number of rotatable bonds is 1. The maximum absolute atomic E-state index is 3.22. The quantitative estimate of drug-likeness (QED) is 0.607. The molecule has 0 aromatic heterocycles. The lowest BCUT2D eigenvalue weighted by molar-refractivity contribution is 1.54. The smallest absolute Gasteiger partial charge is 0.0417 e. The van der Waals surface area contributed by atoms with Crippen molar-refractivity contribution in [2.24, 2.45) is 0 Å². The lowest BCUT2D eigenvalue weighted by atomic mass is 10.0. The summed E-state index contributed by atoms with van der Waals surface area (Å²) in [6.45, 7) is 0. The van der Waals surface area contributed by atoms with Gasteiger partial charge in [-0.2, -0.15) is 0 Å². The van der Waals surface area contributed by atoms with Crippen LogP contribution in [0.25, 0.3) is 22.9 Å². The minimum atomic E-state index is 1.20. The van der Waals surface area contributed by atoms with Gasteiger partial charge in [-0.3, -0.25) is 0 Å². The predicted octanol–water partition coefficient (Wildman–Crippen LogP) is 3.37. The van der Waals surface area contributed by atoms with Crippen LogP contribution in [-0.2, 0) is 0 Å². The molecule has 0 saturated heterocycles. The van der Waals surface area contributed by atoms with E-state index < -0.39 is 0 Å².